The van der Waals surface area contributed by atoms with Crippen LogP contribution in [-0.2, 0) is 0 Å². The molecule has 1 amide bonds. The van der Waals surface area contributed by atoms with Crippen LogP contribution in [0.1, 0.15) is 15.9 Å². The zero-order valence-corrected chi connectivity index (χ0v) is 14.0. The Kier molecular flexibility index (Phi) is 5.32. The van der Waals surface area contributed by atoms with E-state index in [4.69, 9.17) is 0 Å². The van der Waals surface area contributed by atoms with E-state index in [2.05, 4.69) is 33.1 Å². The molecule has 0 atom stereocenters. The van der Waals surface area contributed by atoms with E-state index < -0.39 is 0 Å². The van der Waals surface area contributed by atoms with Gasteiger partial charge in [0.25, 0.3) is 5.91 Å². The molecule has 0 aliphatic carbocycles. The summed E-state index contributed by atoms with van der Waals surface area (Å²) in [5.74, 6) is -0.215. The van der Waals surface area contributed by atoms with Crippen LogP contribution in [0.15, 0.2) is 53.6 Å². The fourth-order valence-corrected chi connectivity index (χ4v) is 2.05. The first-order valence-corrected chi connectivity index (χ1v) is 7.50. The van der Waals surface area contributed by atoms with Crippen molar-refractivity contribution < 1.29 is 4.79 Å². The van der Waals surface area contributed by atoms with Crippen molar-refractivity contribution in [2.45, 2.75) is 0 Å². The summed E-state index contributed by atoms with van der Waals surface area (Å²) in [7, 11) is 3.98. The monoisotopic (exact) mass is 393 g/mol. The van der Waals surface area contributed by atoms with Crippen LogP contribution in [0.5, 0.6) is 0 Å². The molecule has 0 saturated carbocycles. The van der Waals surface area contributed by atoms with Gasteiger partial charge in [-0.05, 0) is 64.6 Å². The third-order valence-corrected chi connectivity index (χ3v) is 3.61. The summed E-state index contributed by atoms with van der Waals surface area (Å²) in [6.07, 6.45) is 1.63. The van der Waals surface area contributed by atoms with Gasteiger partial charge in [-0.3, -0.25) is 4.79 Å². The lowest BCUT2D eigenvalue weighted by Gasteiger charge is -2.11. The molecule has 2 aromatic carbocycles. The zero-order valence-electron chi connectivity index (χ0n) is 11.9. The number of rotatable bonds is 4. The molecule has 0 bridgehead atoms. The minimum absolute atomic E-state index is 0.215. The van der Waals surface area contributed by atoms with Gasteiger partial charge in [-0.25, -0.2) is 5.43 Å². The average Bonchev–Trinajstić information content (AvgIpc) is 2.48. The van der Waals surface area contributed by atoms with Crippen molar-refractivity contribution in [1.29, 1.82) is 0 Å². The number of carbonyl (C=O) groups is 1. The largest absolute Gasteiger partial charge is 0.378 e. The molecular formula is C16H16IN3O. The van der Waals surface area contributed by atoms with Gasteiger partial charge in [0.2, 0.25) is 0 Å². The lowest BCUT2D eigenvalue weighted by atomic mass is 10.2. The van der Waals surface area contributed by atoms with Crippen LogP contribution in [0, 0.1) is 3.57 Å². The van der Waals surface area contributed by atoms with E-state index in [1.54, 1.807) is 18.3 Å². The highest BCUT2D eigenvalue weighted by Gasteiger charge is 2.02. The molecule has 0 spiro atoms. The van der Waals surface area contributed by atoms with E-state index >= 15 is 0 Å². The maximum atomic E-state index is 11.9. The number of anilines is 1. The first-order valence-electron chi connectivity index (χ1n) is 6.42. The summed E-state index contributed by atoms with van der Waals surface area (Å²) in [5, 5.41) is 3.97. The van der Waals surface area contributed by atoms with Crippen LogP contribution in [0.25, 0.3) is 0 Å². The van der Waals surface area contributed by atoms with Crippen LogP contribution in [0.2, 0.25) is 0 Å². The minimum atomic E-state index is -0.215. The highest BCUT2D eigenvalue weighted by atomic mass is 127. The Bertz CT molecular complexity index is 634. The van der Waals surface area contributed by atoms with Crippen molar-refractivity contribution in [3.05, 3.63) is 63.2 Å². The Hall–Kier alpha value is -1.89. The Morgan fingerprint density at radius 1 is 1.10 bits per heavy atom. The molecule has 21 heavy (non-hydrogen) atoms. The number of benzene rings is 2. The van der Waals surface area contributed by atoms with Gasteiger partial charge >= 0.3 is 0 Å². The summed E-state index contributed by atoms with van der Waals surface area (Å²) in [6, 6.07) is 15.2. The lowest BCUT2D eigenvalue weighted by Crippen LogP contribution is -2.17. The molecular weight excluding hydrogens is 377 g/mol. The Morgan fingerprint density at radius 2 is 1.71 bits per heavy atom. The maximum absolute atomic E-state index is 11.9. The van der Waals surface area contributed by atoms with Gasteiger partial charge < -0.3 is 4.90 Å². The molecule has 0 saturated heterocycles. The average molecular weight is 393 g/mol. The quantitative estimate of drug-likeness (QED) is 0.493. The van der Waals surface area contributed by atoms with E-state index in [1.807, 2.05) is 55.4 Å². The van der Waals surface area contributed by atoms with Crippen LogP contribution >= 0.6 is 22.6 Å². The number of amides is 1. The van der Waals surface area contributed by atoms with E-state index in [1.165, 1.54) is 0 Å². The predicted molar refractivity (Wildman–Crippen MR) is 95.0 cm³/mol. The van der Waals surface area contributed by atoms with Crippen molar-refractivity contribution >= 4 is 40.4 Å². The van der Waals surface area contributed by atoms with E-state index in [0.29, 0.717) is 5.56 Å². The topological polar surface area (TPSA) is 44.7 Å². The number of halogens is 1. The molecule has 0 fully saturated rings. The van der Waals surface area contributed by atoms with Gasteiger partial charge in [0.15, 0.2) is 0 Å². The summed E-state index contributed by atoms with van der Waals surface area (Å²) in [5.41, 5.74) is 5.17. The Morgan fingerprint density at radius 3 is 2.29 bits per heavy atom. The molecule has 0 aliphatic rings. The number of hydrogen-bond acceptors (Lipinski definition) is 3. The third kappa shape index (κ3) is 4.56. The molecule has 0 aromatic heterocycles. The van der Waals surface area contributed by atoms with Gasteiger partial charge in [-0.2, -0.15) is 5.10 Å². The smallest absolute Gasteiger partial charge is 0.271 e. The first-order chi connectivity index (χ1) is 10.1. The fraction of sp³-hybridized carbons (Fsp3) is 0.125. The second kappa shape index (κ2) is 7.21. The molecule has 0 heterocycles. The molecule has 1 N–H and O–H groups in total. The number of carbonyl (C=O) groups excluding carboxylic acids is 1. The highest BCUT2D eigenvalue weighted by molar-refractivity contribution is 14.1. The second-order valence-corrected chi connectivity index (χ2v) is 5.94. The number of nitrogens with zero attached hydrogens (tertiary/aromatic N) is 2. The second-order valence-electron chi connectivity index (χ2n) is 4.69. The predicted octanol–water partition coefficient (Wildman–Crippen LogP) is 3.12. The Balaban J connectivity index is 1.95. The van der Waals surface area contributed by atoms with Gasteiger partial charge in [0.1, 0.15) is 0 Å². The molecule has 108 valence electrons. The van der Waals surface area contributed by atoms with E-state index in [-0.39, 0.29) is 5.91 Å². The van der Waals surface area contributed by atoms with Crippen molar-refractivity contribution in [3.63, 3.8) is 0 Å². The van der Waals surface area contributed by atoms with Gasteiger partial charge in [-0.1, -0.05) is 12.1 Å². The maximum Gasteiger partial charge on any atom is 0.271 e. The first kappa shape index (κ1) is 15.5. The van der Waals surface area contributed by atoms with Gasteiger partial charge in [0.05, 0.1) is 6.21 Å². The fourth-order valence-electron chi connectivity index (χ4n) is 1.69. The van der Waals surface area contributed by atoms with Crippen molar-refractivity contribution in [1.82, 2.24) is 5.43 Å². The normalized spacial score (nSPS) is 10.6. The van der Waals surface area contributed by atoms with Crippen LogP contribution < -0.4 is 10.3 Å². The van der Waals surface area contributed by atoms with Crippen molar-refractivity contribution in [2.24, 2.45) is 5.10 Å². The standard InChI is InChI=1S/C16H16IN3O/c1-20(2)15-9-3-12(4-10-15)11-18-19-16(21)13-5-7-14(17)8-6-13/h3-11H,1-2H3,(H,19,21)/b18-11-. The summed E-state index contributed by atoms with van der Waals surface area (Å²) < 4.78 is 1.09. The third-order valence-electron chi connectivity index (χ3n) is 2.90. The van der Waals surface area contributed by atoms with Crippen molar-refractivity contribution in [3.8, 4) is 0 Å². The summed E-state index contributed by atoms with van der Waals surface area (Å²) in [6.45, 7) is 0. The molecule has 0 aliphatic heterocycles. The zero-order chi connectivity index (χ0) is 15.2. The summed E-state index contributed by atoms with van der Waals surface area (Å²) >= 11 is 2.20. The van der Waals surface area contributed by atoms with Crippen molar-refractivity contribution in [2.75, 3.05) is 19.0 Å². The molecule has 0 unspecified atom stereocenters. The molecule has 5 heteroatoms. The number of nitrogens with one attached hydrogen (secondary N) is 1. The highest BCUT2D eigenvalue weighted by Crippen LogP contribution is 2.11. The SMILES string of the molecule is CN(C)c1ccc(/C=N\NC(=O)c2ccc(I)cc2)cc1. The lowest BCUT2D eigenvalue weighted by molar-refractivity contribution is 0.0955. The van der Waals surface area contributed by atoms with Crippen LogP contribution in [0.3, 0.4) is 0 Å². The molecule has 2 aromatic rings. The minimum Gasteiger partial charge on any atom is -0.378 e. The van der Waals surface area contributed by atoms with Crippen LogP contribution in [-0.4, -0.2) is 26.2 Å². The van der Waals surface area contributed by atoms with E-state index in [9.17, 15) is 4.79 Å². The number of hydrogen-bond donors (Lipinski definition) is 1. The molecule has 2 rings (SSSR count). The van der Waals surface area contributed by atoms with Crippen LogP contribution in [0.4, 0.5) is 5.69 Å². The molecule has 0 radical (unpaired) electrons. The number of hydrazone groups is 1. The van der Waals surface area contributed by atoms with Gasteiger partial charge in [-0.15, -0.1) is 0 Å². The Labute approximate surface area is 138 Å². The van der Waals surface area contributed by atoms with Gasteiger partial charge in [0, 0.05) is 28.9 Å². The molecule has 4 nitrogen and oxygen atoms in total. The van der Waals surface area contributed by atoms with E-state index in [0.717, 1.165) is 14.8 Å². The summed E-state index contributed by atoms with van der Waals surface area (Å²) in [4.78, 5) is 13.9.